The van der Waals surface area contributed by atoms with Crippen molar-refractivity contribution in [2.24, 2.45) is 4.99 Å². The molecule has 15 heteroatoms. The van der Waals surface area contributed by atoms with Crippen LogP contribution in [0, 0.1) is 0 Å². The molecule has 1 aliphatic heterocycles. The number of guanidine groups is 1. The first kappa shape index (κ1) is 46.9. The van der Waals surface area contributed by atoms with Gasteiger partial charge < -0.3 is 34.3 Å². The van der Waals surface area contributed by atoms with E-state index in [4.69, 9.17) is 23.7 Å². The molecule has 332 valence electrons. The molecule has 0 saturated heterocycles. The van der Waals surface area contributed by atoms with Crippen LogP contribution in [-0.4, -0.2) is 74.0 Å². The van der Waals surface area contributed by atoms with Gasteiger partial charge in [-0.2, -0.15) is 0 Å². The Morgan fingerprint density at radius 2 is 1.35 bits per heavy atom. The number of aliphatic imine (C=N–C) groups is 1. The number of fused-ring (bicyclic) bond motifs is 7. The molecule has 0 spiro atoms. The van der Waals surface area contributed by atoms with Crippen molar-refractivity contribution < 1.29 is 47.7 Å². The lowest BCUT2D eigenvalue weighted by Gasteiger charge is -2.22. The van der Waals surface area contributed by atoms with E-state index in [0.717, 1.165) is 32.7 Å². The van der Waals surface area contributed by atoms with Crippen molar-refractivity contribution in [2.75, 3.05) is 26.9 Å². The second kappa shape index (κ2) is 21.6. The van der Waals surface area contributed by atoms with Gasteiger partial charge in [-0.05, 0) is 107 Å². The lowest BCUT2D eigenvalue weighted by atomic mass is 9.92. The lowest BCUT2D eigenvalue weighted by molar-refractivity contribution is -0.137. The fourth-order valence-corrected chi connectivity index (χ4v) is 6.34. The van der Waals surface area contributed by atoms with Crippen molar-refractivity contribution in [3.05, 3.63) is 108 Å². The summed E-state index contributed by atoms with van der Waals surface area (Å²) >= 11 is 0. The number of benzene rings is 4. The maximum Gasteiger partial charge on any atom is 0.414 e. The van der Waals surface area contributed by atoms with Gasteiger partial charge in [-0.15, -0.1) is 0 Å². The number of ether oxygens (including phenoxy) is 5. The third-order valence-corrected chi connectivity index (χ3v) is 8.96. The molecule has 63 heavy (non-hydrogen) atoms. The second-order valence-corrected chi connectivity index (χ2v) is 16.3. The summed E-state index contributed by atoms with van der Waals surface area (Å²) < 4.78 is 28.4. The van der Waals surface area contributed by atoms with E-state index in [1.165, 1.54) is 19.3 Å². The van der Waals surface area contributed by atoms with Crippen molar-refractivity contribution in [1.82, 2.24) is 21.3 Å². The number of nitrogens with one attached hydrogen (secondary N) is 4. The largest absolute Gasteiger partial charge is 0.493 e. The summed E-state index contributed by atoms with van der Waals surface area (Å²) in [7, 11) is 1.18. The second-order valence-electron chi connectivity index (χ2n) is 16.3. The number of unbranched alkanes of at least 4 members (excludes halogenated alkanes) is 1. The zero-order chi connectivity index (χ0) is 45.6. The summed E-state index contributed by atoms with van der Waals surface area (Å²) in [6.07, 6.45) is 5.23. The summed E-state index contributed by atoms with van der Waals surface area (Å²) in [6.45, 7) is 10.5. The van der Waals surface area contributed by atoms with Crippen molar-refractivity contribution in [2.45, 2.75) is 78.4 Å². The number of amides is 4. The number of carbonyl (C=O) groups is 5. The number of methoxy groups -OCH3 is 1. The molecule has 0 aromatic heterocycles. The summed E-state index contributed by atoms with van der Waals surface area (Å²) in [5.41, 5.74) is -0.250. The Hall–Kier alpha value is -7.16. The minimum Gasteiger partial charge on any atom is -0.493 e. The molecular weight excluding hydrogens is 807 g/mol. The molecule has 0 unspecified atom stereocenters. The molecule has 4 aromatic rings. The van der Waals surface area contributed by atoms with Crippen LogP contribution < -0.4 is 30.7 Å². The van der Waals surface area contributed by atoms with Crippen LogP contribution in [0.3, 0.4) is 0 Å². The Morgan fingerprint density at radius 1 is 0.778 bits per heavy atom. The van der Waals surface area contributed by atoms with Crippen LogP contribution >= 0.6 is 0 Å². The number of allylic oxidation sites excluding steroid dienone is 3. The van der Waals surface area contributed by atoms with E-state index in [2.05, 4.69) is 26.3 Å². The molecule has 0 saturated carbocycles. The van der Waals surface area contributed by atoms with Gasteiger partial charge in [0.2, 0.25) is 11.9 Å². The highest BCUT2D eigenvalue weighted by atomic mass is 16.6. The molecule has 15 nitrogen and oxygen atoms in total. The van der Waals surface area contributed by atoms with Gasteiger partial charge in [-0.3, -0.25) is 25.2 Å². The minimum atomic E-state index is -0.842. The molecule has 5 rings (SSSR count). The third-order valence-electron chi connectivity index (χ3n) is 8.96. The van der Waals surface area contributed by atoms with E-state index in [9.17, 15) is 24.0 Å². The molecule has 0 fully saturated rings. The van der Waals surface area contributed by atoms with Crippen molar-refractivity contribution in [3.8, 4) is 22.6 Å². The first-order valence-corrected chi connectivity index (χ1v) is 20.6. The Balaban J connectivity index is 1.41. The van der Waals surface area contributed by atoms with Gasteiger partial charge in [-0.25, -0.2) is 14.4 Å². The fraction of sp³-hybridized carbons (Fsp3) is 0.333. The predicted octanol–water partition coefficient (Wildman–Crippen LogP) is 8.13. The van der Waals surface area contributed by atoms with Gasteiger partial charge in [0.1, 0.15) is 40.7 Å². The Morgan fingerprint density at radius 3 is 1.92 bits per heavy atom. The molecule has 4 aromatic carbocycles. The van der Waals surface area contributed by atoms with Gasteiger partial charge in [0.15, 0.2) is 0 Å². The highest BCUT2D eigenvalue weighted by Crippen LogP contribution is 2.45. The molecule has 4 N–H and O–H groups in total. The predicted molar refractivity (Wildman–Crippen MR) is 241 cm³/mol. The summed E-state index contributed by atoms with van der Waals surface area (Å²) in [5.74, 6) is -1.04. The maximum absolute atomic E-state index is 13.7. The Labute approximate surface area is 366 Å². The van der Waals surface area contributed by atoms with E-state index in [-0.39, 0.29) is 50.0 Å². The van der Waals surface area contributed by atoms with Crippen LogP contribution in [0.5, 0.6) is 11.5 Å². The average molecular weight is 862 g/mol. The molecule has 0 bridgehead atoms. The third kappa shape index (κ3) is 14.2. The summed E-state index contributed by atoms with van der Waals surface area (Å²) in [6, 6.07) is 23.9. The van der Waals surface area contributed by atoms with Gasteiger partial charge in [0, 0.05) is 24.1 Å². The van der Waals surface area contributed by atoms with Gasteiger partial charge in [0.25, 0.3) is 5.91 Å². The van der Waals surface area contributed by atoms with Gasteiger partial charge in [-0.1, -0.05) is 72.8 Å². The van der Waals surface area contributed by atoms with Crippen molar-refractivity contribution in [3.63, 3.8) is 0 Å². The normalized spacial score (nSPS) is 16.0. The molecule has 0 aliphatic carbocycles. The summed E-state index contributed by atoms with van der Waals surface area (Å²) in [4.78, 5) is 69.3. The van der Waals surface area contributed by atoms with Crippen LogP contribution in [0.2, 0.25) is 0 Å². The molecule has 4 amide bonds. The smallest absolute Gasteiger partial charge is 0.414 e. The number of hydrogen-bond acceptors (Lipinski definition) is 11. The van der Waals surface area contributed by atoms with Gasteiger partial charge in [0.05, 0.1) is 13.7 Å². The Bertz CT molecular complexity index is 2430. The maximum atomic E-state index is 13.7. The first-order valence-electron chi connectivity index (χ1n) is 20.6. The number of alkyl carbamates (subject to hydrolysis) is 2. The van der Waals surface area contributed by atoms with Crippen LogP contribution in [0.25, 0.3) is 32.7 Å². The van der Waals surface area contributed by atoms with Crippen LogP contribution in [0.1, 0.15) is 67.2 Å². The van der Waals surface area contributed by atoms with Crippen molar-refractivity contribution in [1.29, 1.82) is 0 Å². The minimum absolute atomic E-state index is 0.00107. The number of hydrogen-bond donors (Lipinski definition) is 4. The molecule has 1 heterocycles. The molecule has 0 atom stereocenters. The number of nitrogens with zero attached hydrogens (tertiary/aromatic N) is 1. The highest BCUT2D eigenvalue weighted by molar-refractivity contribution is 6.10. The zero-order valence-corrected chi connectivity index (χ0v) is 36.7. The Kier molecular flexibility index (Phi) is 16.1. The number of rotatable bonds is 5. The zero-order valence-electron chi connectivity index (χ0n) is 36.7. The quantitative estimate of drug-likeness (QED) is 0.0381. The highest BCUT2D eigenvalue weighted by Gasteiger charge is 2.23. The van der Waals surface area contributed by atoms with E-state index in [1.54, 1.807) is 53.7 Å². The fourth-order valence-electron chi connectivity index (χ4n) is 6.34. The van der Waals surface area contributed by atoms with Gasteiger partial charge >= 0.3 is 18.2 Å². The SMILES string of the molecule is COC(=O)/C1=C/C=C/COc2ccc3ccccc3c2-c2c(ccc3ccccc23)OCCCC(=O)N/C(=C\CCCN=C(NC(=O)OC(C)(C)C)NC(=O)OC(C)(C)C)C(=O)N1. The summed E-state index contributed by atoms with van der Waals surface area (Å²) in [5, 5.41) is 14.0. The average Bonchev–Trinajstić information content (AvgIpc) is 3.21. The van der Waals surface area contributed by atoms with Crippen LogP contribution in [0.4, 0.5) is 9.59 Å². The van der Waals surface area contributed by atoms with E-state index in [0.29, 0.717) is 24.3 Å². The topological polar surface area (TPSA) is 192 Å². The van der Waals surface area contributed by atoms with Crippen LogP contribution in [-0.2, 0) is 28.6 Å². The first-order chi connectivity index (χ1) is 30.0. The standard InChI is InChI=1S/C48H55N5O10/c1-47(2,3)62-45(57)52-44(53-46(58)63-48(4,5)6)49-28-14-12-21-35-42(55)51-36(43(56)59-7)22-13-15-29-60-37-26-24-31-17-8-10-19-33(31)40(37)41-34-20-11-9-18-32(34)25-27-38(41)61-30-16-23-39(54)50-35/h8-11,13,15,17-22,24-27H,12,14,16,23,28-30H2,1-7H3,(H,50,54)(H,51,55)(H2,49,52,53,57,58)/b15-13+,35-21-,36-22-. The number of esters is 1. The monoisotopic (exact) mass is 861 g/mol. The lowest BCUT2D eigenvalue weighted by Crippen LogP contribution is -2.47. The van der Waals surface area contributed by atoms with Crippen molar-refractivity contribution >= 4 is 57.5 Å². The van der Waals surface area contributed by atoms with E-state index in [1.807, 2.05) is 72.8 Å². The number of carbonyl (C=O) groups excluding carboxylic acids is 5. The van der Waals surface area contributed by atoms with E-state index >= 15 is 0 Å². The van der Waals surface area contributed by atoms with Crippen LogP contribution in [0.15, 0.2) is 113 Å². The van der Waals surface area contributed by atoms with E-state index < -0.39 is 41.2 Å². The molecule has 1 aliphatic rings. The molecular formula is C48H55N5O10. The molecule has 0 radical (unpaired) electrons.